The van der Waals surface area contributed by atoms with Gasteiger partial charge < -0.3 is 4.90 Å². The zero-order chi connectivity index (χ0) is 18.9. The molecule has 9 heteroatoms. The van der Waals surface area contributed by atoms with Crippen LogP contribution in [0.15, 0.2) is 47.4 Å². The van der Waals surface area contributed by atoms with Gasteiger partial charge in [-0.05, 0) is 77.9 Å². The number of benzene rings is 2. The summed E-state index contributed by atoms with van der Waals surface area (Å²) in [7, 11) is -3.99. The summed E-state index contributed by atoms with van der Waals surface area (Å²) in [6.07, 6.45) is -2.71. The van der Waals surface area contributed by atoms with Crippen molar-refractivity contribution in [2.45, 2.75) is 23.9 Å². The summed E-state index contributed by atoms with van der Waals surface area (Å²) in [6.45, 7) is 1.37. The van der Waals surface area contributed by atoms with Gasteiger partial charge in [-0.1, -0.05) is 0 Å². The van der Waals surface area contributed by atoms with E-state index < -0.39 is 21.8 Å². The van der Waals surface area contributed by atoms with Crippen molar-refractivity contribution in [3.05, 3.63) is 51.6 Å². The standard InChI is InChI=1S/C17H16F3IN2O2S/c18-17(19,20)12-3-8-16(23-9-1-2-10-23)15(11-12)22-26(24,25)14-6-4-13(21)5-7-14/h3-8,11,22H,1-2,9-10H2. The van der Waals surface area contributed by atoms with E-state index in [0.29, 0.717) is 18.8 Å². The zero-order valence-corrected chi connectivity index (χ0v) is 16.5. The molecule has 1 heterocycles. The first kappa shape index (κ1) is 19.3. The molecule has 0 bridgehead atoms. The third-order valence-corrected chi connectivity index (χ3v) is 6.24. The predicted octanol–water partition coefficient (Wildman–Crippen LogP) is 4.71. The fourth-order valence-electron chi connectivity index (χ4n) is 2.85. The molecule has 140 valence electrons. The maximum absolute atomic E-state index is 13.1. The van der Waals surface area contributed by atoms with Crippen LogP contribution in [0.25, 0.3) is 0 Å². The lowest BCUT2D eigenvalue weighted by Gasteiger charge is -2.23. The second kappa shape index (κ2) is 7.26. The van der Waals surface area contributed by atoms with Crippen LogP contribution in [0.3, 0.4) is 0 Å². The van der Waals surface area contributed by atoms with E-state index in [1.807, 2.05) is 27.5 Å². The highest BCUT2D eigenvalue weighted by Gasteiger charge is 2.32. The first-order chi connectivity index (χ1) is 12.2. The lowest BCUT2D eigenvalue weighted by Crippen LogP contribution is -2.22. The summed E-state index contributed by atoms with van der Waals surface area (Å²) in [5.41, 5.74) is -0.481. The number of halogens is 4. The molecule has 0 aliphatic carbocycles. The molecule has 1 saturated heterocycles. The fraction of sp³-hybridized carbons (Fsp3) is 0.294. The fourth-order valence-corrected chi connectivity index (χ4v) is 4.27. The van der Waals surface area contributed by atoms with Crippen LogP contribution in [-0.4, -0.2) is 21.5 Å². The van der Waals surface area contributed by atoms with Gasteiger partial charge in [0.05, 0.1) is 21.8 Å². The summed E-state index contributed by atoms with van der Waals surface area (Å²) in [5.74, 6) is 0. The van der Waals surface area contributed by atoms with E-state index in [1.165, 1.54) is 18.2 Å². The average Bonchev–Trinajstić information content (AvgIpc) is 3.08. The average molecular weight is 496 g/mol. The Balaban J connectivity index is 2.01. The Hall–Kier alpha value is -1.49. The molecule has 3 rings (SSSR count). The Labute approximate surface area is 163 Å². The largest absolute Gasteiger partial charge is 0.416 e. The molecule has 0 unspecified atom stereocenters. The van der Waals surface area contributed by atoms with Crippen molar-refractivity contribution in [3.63, 3.8) is 0 Å². The van der Waals surface area contributed by atoms with E-state index in [9.17, 15) is 21.6 Å². The number of sulfonamides is 1. The molecule has 2 aromatic carbocycles. The van der Waals surface area contributed by atoms with Gasteiger partial charge in [0, 0.05) is 16.7 Å². The lowest BCUT2D eigenvalue weighted by molar-refractivity contribution is -0.137. The molecule has 0 atom stereocenters. The minimum absolute atomic E-state index is 0.00250. The molecule has 0 saturated carbocycles. The Morgan fingerprint density at radius 1 is 1.00 bits per heavy atom. The summed E-state index contributed by atoms with van der Waals surface area (Å²) < 4.78 is 67.7. The number of hydrogen-bond donors (Lipinski definition) is 1. The Bertz CT molecular complexity index is 893. The highest BCUT2D eigenvalue weighted by molar-refractivity contribution is 14.1. The van der Waals surface area contributed by atoms with Gasteiger partial charge in [-0.3, -0.25) is 4.72 Å². The SMILES string of the molecule is O=S(=O)(Nc1cc(C(F)(F)F)ccc1N1CCCC1)c1ccc(I)cc1. The van der Waals surface area contributed by atoms with Crippen molar-refractivity contribution in [3.8, 4) is 0 Å². The van der Waals surface area contributed by atoms with Crippen LogP contribution in [0, 0.1) is 3.57 Å². The van der Waals surface area contributed by atoms with Crippen LogP contribution >= 0.6 is 22.6 Å². The Kier molecular flexibility index (Phi) is 5.38. The van der Waals surface area contributed by atoms with E-state index in [-0.39, 0.29) is 10.6 Å². The van der Waals surface area contributed by atoms with E-state index in [2.05, 4.69) is 4.72 Å². The molecule has 0 spiro atoms. The van der Waals surface area contributed by atoms with Gasteiger partial charge in [0.25, 0.3) is 10.0 Å². The van der Waals surface area contributed by atoms with Gasteiger partial charge in [0.1, 0.15) is 0 Å². The van der Waals surface area contributed by atoms with Gasteiger partial charge in [-0.15, -0.1) is 0 Å². The van der Waals surface area contributed by atoms with Crippen LogP contribution in [0.4, 0.5) is 24.5 Å². The van der Waals surface area contributed by atoms with Crippen LogP contribution < -0.4 is 9.62 Å². The monoisotopic (exact) mass is 496 g/mol. The minimum atomic E-state index is -4.55. The molecular formula is C17H16F3IN2O2S. The van der Waals surface area contributed by atoms with Crippen molar-refractivity contribution in [1.82, 2.24) is 0 Å². The summed E-state index contributed by atoms with van der Waals surface area (Å²) in [4.78, 5) is 1.90. The minimum Gasteiger partial charge on any atom is -0.370 e. The normalized spacial score (nSPS) is 15.3. The molecule has 4 nitrogen and oxygen atoms in total. The van der Waals surface area contributed by atoms with Gasteiger partial charge in [-0.2, -0.15) is 13.2 Å². The highest BCUT2D eigenvalue weighted by Crippen LogP contribution is 2.37. The van der Waals surface area contributed by atoms with Crippen LogP contribution in [0.5, 0.6) is 0 Å². The van der Waals surface area contributed by atoms with Gasteiger partial charge in [0.2, 0.25) is 0 Å². The Morgan fingerprint density at radius 2 is 1.62 bits per heavy atom. The van der Waals surface area contributed by atoms with Crippen molar-refractivity contribution in [1.29, 1.82) is 0 Å². The van der Waals surface area contributed by atoms with E-state index in [4.69, 9.17) is 0 Å². The molecule has 1 fully saturated rings. The predicted molar refractivity (Wildman–Crippen MR) is 103 cm³/mol. The second-order valence-electron chi connectivity index (χ2n) is 5.98. The number of hydrogen-bond acceptors (Lipinski definition) is 3. The number of nitrogens with one attached hydrogen (secondary N) is 1. The van der Waals surface area contributed by atoms with Crippen molar-refractivity contribution < 1.29 is 21.6 Å². The quantitative estimate of drug-likeness (QED) is 0.624. The van der Waals surface area contributed by atoms with Crippen LogP contribution in [0.1, 0.15) is 18.4 Å². The molecule has 1 aliphatic heterocycles. The molecule has 26 heavy (non-hydrogen) atoms. The van der Waals surface area contributed by atoms with Crippen LogP contribution in [0.2, 0.25) is 0 Å². The summed E-state index contributed by atoms with van der Waals surface area (Å²) >= 11 is 2.05. The molecule has 1 aliphatic rings. The van der Waals surface area contributed by atoms with Crippen molar-refractivity contribution >= 4 is 44.0 Å². The van der Waals surface area contributed by atoms with E-state index in [0.717, 1.165) is 28.5 Å². The topological polar surface area (TPSA) is 49.4 Å². The zero-order valence-electron chi connectivity index (χ0n) is 13.6. The second-order valence-corrected chi connectivity index (χ2v) is 8.91. The van der Waals surface area contributed by atoms with Crippen molar-refractivity contribution in [2.75, 3.05) is 22.7 Å². The molecular weight excluding hydrogens is 480 g/mol. The summed E-state index contributed by atoms with van der Waals surface area (Å²) in [6, 6.07) is 9.28. The third-order valence-electron chi connectivity index (χ3n) is 4.14. The van der Waals surface area contributed by atoms with E-state index >= 15 is 0 Å². The molecule has 0 aromatic heterocycles. The molecule has 2 aromatic rings. The van der Waals surface area contributed by atoms with Crippen molar-refractivity contribution in [2.24, 2.45) is 0 Å². The first-order valence-electron chi connectivity index (χ1n) is 7.91. The molecule has 0 radical (unpaired) electrons. The molecule has 1 N–H and O–H groups in total. The number of anilines is 2. The lowest BCUT2D eigenvalue weighted by atomic mass is 10.1. The number of rotatable bonds is 4. The maximum Gasteiger partial charge on any atom is 0.416 e. The highest BCUT2D eigenvalue weighted by atomic mass is 127. The third kappa shape index (κ3) is 4.25. The maximum atomic E-state index is 13.1. The van der Waals surface area contributed by atoms with Gasteiger partial charge >= 0.3 is 6.18 Å². The van der Waals surface area contributed by atoms with Gasteiger partial charge in [0.15, 0.2) is 0 Å². The smallest absolute Gasteiger partial charge is 0.370 e. The summed E-state index contributed by atoms with van der Waals surface area (Å²) in [5, 5.41) is 0. The Morgan fingerprint density at radius 3 is 2.19 bits per heavy atom. The first-order valence-corrected chi connectivity index (χ1v) is 10.5. The van der Waals surface area contributed by atoms with Crippen LogP contribution in [-0.2, 0) is 16.2 Å². The van der Waals surface area contributed by atoms with E-state index in [1.54, 1.807) is 12.1 Å². The number of nitrogens with zero attached hydrogens (tertiary/aromatic N) is 1. The molecule has 0 amide bonds. The number of alkyl halides is 3. The van der Waals surface area contributed by atoms with Gasteiger partial charge in [-0.25, -0.2) is 8.42 Å².